The molecule has 4 saturated carbocycles. The topological polar surface area (TPSA) is 114 Å². The van der Waals surface area contributed by atoms with Gasteiger partial charge in [-0.15, -0.1) is 0 Å². The average Bonchev–Trinajstić information content (AvgIpc) is 2.78. The lowest BCUT2D eigenvalue weighted by atomic mass is 9.50. The van der Waals surface area contributed by atoms with Crippen molar-refractivity contribution in [2.45, 2.75) is 75.4 Å². The molecule has 10 heteroatoms. The van der Waals surface area contributed by atoms with Crippen molar-refractivity contribution in [3.8, 4) is 6.07 Å². The summed E-state index contributed by atoms with van der Waals surface area (Å²) in [4.78, 5) is 14.2. The number of likely N-dealkylation sites (N-methyl/N-ethyl adjacent to an activating group) is 1. The van der Waals surface area contributed by atoms with Crippen molar-refractivity contribution < 1.29 is 17.6 Å². The molecule has 1 amide bonds. The van der Waals surface area contributed by atoms with E-state index in [4.69, 9.17) is 0 Å². The van der Waals surface area contributed by atoms with Crippen LogP contribution in [0.2, 0.25) is 0 Å². The van der Waals surface area contributed by atoms with E-state index in [0.717, 1.165) is 37.7 Å². The predicted octanol–water partition coefficient (Wildman–Crippen LogP) is 2.23. The van der Waals surface area contributed by atoms with Gasteiger partial charge in [0, 0.05) is 24.7 Å². The maximum absolute atomic E-state index is 13.1. The lowest BCUT2D eigenvalue weighted by molar-refractivity contribution is -0.131. The van der Waals surface area contributed by atoms with Gasteiger partial charge in [0.25, 0.3) is 10.2 Å². The van der Waals surface area contributed by atoms with E-state index in [9.17, 15) is 22.9 Å². The molecule has 3 N–H and O–H groups in total. The number of carbonyl (C=O) groups is 1. The number of nitrogens with one attached hydrogen (secondary N) is 3. The minimum Gasteiger partial charge on any atom is -0.329 e. The summed E-state index contributed by atoms with van der Waals surface area (Å²) in [6, 6.07) is 7.77. The number of amides is 1. The first-order chi connectivity index (χ1) is 16.6. The Balaban J connectivity index is 1.37. The van der Waals surface area contributed by atoms with Gasteiger partial charge >= 0.3 is 0 Å². The molecular weight excluding hydrogens is 469 g/mol. The molecule has 4 aliphatic carbocycles. The quantitative estimate of drug-likeness (QED) is 0.427. The van der Waals surface area contributed by atoms with E-state index in [1.54, 1.807) is 19.2 Å². The highest BCUT2D eigenvalue weighted by Crippen LogP contribution is 2.57. The lowest BCUT2D eigenvalue weighted by Gasteiger charge is -2.62. The third-order valence-electron chi connectivity index (χ3n) is 8.04. The Labute approximate surface area is 207 Å². The minimum absolute atomic E-state index is 0.119. The zero-order valence-corrected chi connectivity index (χ0v) is 21.3. The molecule has 3 atom stereocenters. The molecule has 0 heterocycles. The van der Waals surface area contributed by atoms with Crippen LogP contribution in [0.5, 0.6) is 0 Å². The summed E-state index contributed by atoms with van der Waals surface area (Å²) in [5, 5.41) is 12.8. The minimum atomic E-state index is -3.73. The molecule has 4 bridgehead atoms. The second-order valence-electron chi connectivity index (χ2n) is 10.8. The van der Waals surface area contributed by atoms with Gasteiger partial charge in [-0.3, -0.25) is 4.79 Å². The van der Waals surface area contributed by atoms with Crippen LogP contribution < -0.4 is 14.8 Å². The third kappa shape index (κ3) is 6.02. The maximum atomic E-state index is 13.1. The van der Waals surface area contributed by atoms with Crippen LogP contribution in [-0.4, -0.2) is 56.5 Å². The first-order valence-corrected chi connectivity index (χ1v) is 14.0. The summed E-state index contributed by atoms with van der Waals surface area (Å²) in [6.07, 6.45) is 6.31. The van der Waals surface area contributed by atoms with Crippen molar-refractivity contribution in [1.82, 2.24) is 19.7 Å². The number of rotatable bonds is 11. The van der Waals surface area contributed by atoms with Gasteiger partial charge in [-0.1, -0.05) is 19.1 Å². The molecule has 0 aromatic heterocycles. The SMILES string of the molecule is CCC(C#N)N(C)C(=O)CNC12CC3CC(C1)CC(NS(=O)(=O)NCCc1ccc(F)cc1)(C3)C2. The molecule has 1 aromatic carbocycles. The molecule has 3 unspecified atom stereocenters. The van der Waals surface area contributed by atoms with E-state index in [1.165, 1.54) is 17.0 Å². The van der Waals surface area contributed by atoms with Crippen molar-refractivity contribution in [1.29, 1.82) is 5.26 Å². The largest absolute Gasteiger partial charge is 0.329 e. The molecule has 35 heavy (non-hydrogen) atoms. The molecule has 1 aromatic rings. The van der Waals surface area contributed by atoms with Crippen LogP contribution in [0.3, 0.4) is 0 Å². The lowest BCUT2D eigenvalue weighted by Crippen LogP contribution is -2.70. The Bertz CT molecular complexity index is 1060. The van der Waals surface area contributed by atoms with Crippen molar-refractivity contribution in [3.63, 3.8) is 0 Å². The van der Waals surface area contributed by atoms with Crippen molar-refractivity contribution in [2.75, 3.05) is 20.1 Å². The third-order valence-corrected chi connectivity index (χ3v) is 9.33. The molecule has 0 radical (unpaired) electrons. The zero-order chi connectivity index (χ0) is 25.3. The van der Waals surface area contributed by atoms with E-state index < -0.39 is 21.8 Å². The van der Waals surface area contributed by atoms with E-state index >= 15 is 0 Å². The highest BCUT2D eigenvalue weighted by Gasteiger charge is 2.58. The predicted molar refractivity (Wildman–Crippen MR) is 131 cm³/mol. The number of halogens is 1. The highest BCUT2D eigenvalue weighted by molar-refractivity contribution is 7.87. The molecule has 0 saturated heterocycles. The summed E-state index contributed by atoms with van der Waals surface area (Å²) in [5.74, 6) is 0.400. The standard InChI is InChI=1S/C25H36FN5O3S/c1-3-22(15-27)31(2)23(32)16-28-24-11-19-10-20(12-24)14-25(13-19,17-24)30-35(33,34)29-9-8-18-4-6-21(26)7-5-18/h4-7,19-20,22,28-30H,3,8-14,16-17H2,1-2H3. The number of benzene rings is 1. The second kappa shape index (κ2) is 10.1. The average molecular weight is 506 g/mol. The Morgan fingerprint density at radius 1 is 1.20 bits per heavy atom. The van der Waals surface area contributed by atoms with Crippen LogP contribution in [0.1, 0.15) is 57.4 Å². The highest BCUT2D eigenvalue weighted by atomic mass is 32.2. The van der Waals surface area contributed by atoms with Gasteiger partial charge in [0.15, 0.2) is 0 Å². The molecule has 4 fully saturated rings. The summed E-state index contributed by atoms with van der Waals surface area (Å²) < 4.78 is 44.7. The molecule has 5 rings (SSSR count). The van der Waals surface area contributed by atoms with E-state index in [2.05, 4.69) is 20.8 Å². The summed E-state index contributed by atoms with van der Waals surface area (Å²) >= 11 is 0. The fraction of sp³-hybridized carbons (Fsp3) is 0.680. The van der Waals surface area contributed by atoms with Gasteiger partial charge < -0.3 is 10.2 Å². The first-order valence-electron chi connectivity index (χ1n) is 12.5. The Kier molecular flexibility index (Phi) is 7.53. The number of nitriles is 1. The van der Waals surface area contributed by atoms with Crippen LogP contribution in [0.4, 0.5) is 4.39 Å². The Morgan fingerprint density at radius 3 is 2.43 bits per heavy atom. The maximum Gasteiger partial charge on any atom is 0.277 e. The second-order valence-corrected chi connectivity index (χ2v) is 12.3. The van der Waals surface area contributed by atoms with Crippen LogP contribution in [0.15, 0.2) is 24.3 Å². The Hall–Kier alpha value is -2.06. The molecular formula is C25H36FN5O3S. The van der Waals surface area contributed by atoms with E-state index in [-0.39, 0.29) is 30.4 Å². The van der Waals surface area contributed by atoms with Gasteiger partial charge in [0.2, 0.25) is 5.91 Å². The van der Waals surface area contributed by atoms with Gasteiger partial charge in [-0.2, -0.15) is 18.4 Å². The Morgan fingerprint density at radius 2 is 1.83 bits per heavy atom. The van der Waals surface area contributed by atoms with Crippen LogP contribution >= 0.6 is 0 Å². The van der Waals surface area contributed by atoms with Crippen LogP contribution in [-0.2, 0) is 21.4 Å². The van der Waals surface area contributed by atoms with Crippen molar-refractivity contribution in [3.05, 3.63) is 35.6 Å². The number of hydrogen-bond acceptors (Lipinski definition) is 5. The molecule has 8 nitrogen and oxygen atoms in total. The molecule has 192 valence electrons. The number of carbonyl (C=O) groups excluding carboxylic acids is 1. The normalized spacial score (nSPS) is 30.1. The number of hydrogen-bond donors (Lipinski definition) is 3. The number of nitrogens with zero attached hydrogens (tertiary/aromatic N) is 2. The first kappa shape index (κ1) is 26.0. The monoisotopic (exact) mass is 505 g/mol. The molecule has 0 spiro atoms. The van der Waals surface area contributed by atoms with Crippen molar-refractivity contribution in [2.24, 2.45) is 11.8 Å². The van der Waals surface area contributed by atoms with Crippen LogP contribution in [0, 0.1) is 29.0 Å². The zero-order valence-electron chi connectivity index (χ0n) is 20.5. The van der Waals surface area contributed by atoms with E-state index in [0.29, 0.717) is 31.1 Å². The van der Waals surface area contributed by atoms with Crippen molar-refractivity contribution >= 4 is 16.1 Å². The summed E-state index contributed by atoms with van der Waals surface area (Å²) in [6.45, 7) is 2.26. The smallest absolute Gasteiger partial charge is 0.277 e. The van der Waals surface area contributed by atoms with Crippen LogP contribution in [0.25, 0.3) is 0 Å². The van der Waals surface area contributed by atoms with E-state index in [1.807, 2.05) is 6.92 Å². The fourth-order valence-electron chi connectivity index (χ4n) is 6.90. The summed E-state index contributed by atoms with van der Waals surface area (Å²) in [5.41, 5.74) is 0.0705. The fourth-order valence-corrected chi connectivity index (χ4v) is 8.16. The van der Waals surface area contributed by atoms with Gasteiger partial charge in [-0.25, -0.2) is 9.11 Å². The van der Waals surface area contributed by atoms with Gasteiger partial charge in [-0.05, 0) is 80.9 Å². The summed E-state index contributed by atoms with van der Waals surface area (Å²) in [7, 11) is -2.06. The molecule has 0 aliphatic heterocycles. The van der Waals surface area contributed by atoms with Gasteiger partial charge in [0.05, 0.1) is 12.6 Å². The van der Waals surface area contributed by atoms with Gasteiger partial charge in [0.1, 0.15) is 11.9 Å². The molecule has 4 aliphatic rings.